The van der Waals surface area contributed by atoms with E-state index in [2.05, 4.69) is 66.0 Å². The molecule has 6 N–H and O–H groups in total. The van der Waals surface area contributed by atoms with Crippen molar-refractivity contribution in [3.8, 4) is 0 Å². The highest BCUT2D eigenvalue weighted by molar-refractivity contribution is 5.23. The second kappa shape index (κ2) is 16.5. The van der Waals surface area contributed by atoms with Gasteiger partial charge >= 0.3 is 0 Å². The Morgan fingerprint density at radius 2 is 0.781 bits per heavy atom. The van der Waals surface area contributed by atoms with Crippen LogP contribution in [-0.4, -0.2) is 115 Å². The number of nitrogens with one attached hydrogen (secondary N) is 6. The van der Waals surface area contributed by atoms with Crippen LogP contribution in [0.3, 0.4) is 0 Å². The molecule has 0 aromatic heterocycles. The fraction of sp³-hybridized carbons (Fsp3) is 0.750. The third kappa shape index (κ3) is 11.2. The fourth-order valence-corrected chi connectivity index (χ4v) is 4.29. The highest BCUT2D eigenvalue weighted by atomic mass is 15.2. The minimum atomic E-state index is 1.02. The zero-order chi connectivity index (χ0) is 22.1. The van der Waals surface area contributed by atoms with E-state index in [4.69, 9.17) is 0 Å². The van der Waals surface area contributed by atoms with Crippen LogP contribution in [0.15, 0.2) is 24.3 Å². The maximum Gasteiger partial charge on any atom is 0.0234 e. The van der Waals surface area contributed by atoms with E-state index >= 15 is 0 Å². The lowest BCUT2D eigenvalue weighted by Gasteiger charge is -2.25. The molecule has 0 radical (unpaired) electrons. The van der Waals surface area contributed by atoms with Crippen LogP contribution in [0.4, 0.5) is 0 Å². The predicted octanol–water partition coefficient (Wildman–Crippen LogP) is -1.14. The van der Waals surface area contributed by atoms with E-state index in [1.807, 2.05) is 0 Å². The summed E-state index contributed by atoms with van der Waals surface area (Å²) < 4.78 is 0. The van der Waals surface area contributed by atoms with Gasteiger partial charge in [-0.1, -0.05) is 24.3 Å². The third-order valence-corrected chi connectivity index (χ3v) is 6.14. The number of nitrogens with zero attached hydrogens (tertiary/aromatic N) is 2. The Bertz CT molecular complexity index is 528. The van der Waals surface area contributed by atoms with Crippen molar-refractivity contribution in [2.75, 3.05) is 105 Å². The molecular formula is C24H46N8. The van der Waals surface area contributed by atoms with Gasteiger partial charge in [0, 0.05) is 118 Å². The summed E-state index contributed by atoms with van der Waals surface area (Å²) in [7, 11) is 0. The Kier molecular flexibility index (Phi) is 13.2. The first kappa shape index (κ1) is 25.5. The SMILES string of the molecule is c1cc(CN2CCNCCNCCNCC2)cc(CN2CCNCCNCCNCC2)c1. The maximum atomic E-state index is 3.57. The Hall–Kier alpha value is -1.10. The first-order valence-corrected chi connectivity index (χ1v) is 12.7. The summed E-state index contributed by atoms with van der Waals surface area (Å²) in [5, 5.41) is 21.2. The van der Waals surface area contributed by atoms with E-state index in [0.717, 1.165) is 118 Å². The van der Waals surface area contributed by atoms with Crippen molar-refractivity contribution in [1.29, 1.82) is 0 Å². The molecule has 0 bridgehead atoms. The predicted molar refractivity (Wildman–Crippen MR) is 134 cm³/mol. The smallest absolute Gasteiger partial charge is 0.0234 e. The van der Waals surface area contributed by atoms with Gasteiger partial charge in [-0.2, -0.15) is 0 Å². The summed E-state index contributed by atoms with van der Waals surface area (Å²) in [6.45, 7) is 18.9. The van der Waals surface area contributed by atoms with Crippen LogP contribution in [0.1, 0.15) is 11.1 Å². The Morgan fingerprint density at radius 3 is 1.12 bits per heavy atom. The number of benzene rings is 1. The molecule has 8 nitrogen and oxygen atoms in total. The lowest BCUT2D eigenvalue weighted by Crippen LogP contribution is -2.41. The van der Waals surface area contributed by atoms with Crippen molar-refractivity contribution in [3.05, 3.63) is 35.4 Å². The van der Waals surface area contributed by atoms with Crippen LogP contribution in [-0.2, 0) is 13.1 Å². The molecular weight excluding hydrogens is 400 g/mol. The summed E-state index contributed by atoms with van der Waals surface area (Å²) in [5.74, 6) is 0. The second-order valence-corrected chi connectivity index (χ2v) is 8.87. The molecule has 8 heteroatoms. The molecule has 0 spiro atoms. The summed E-state index contributed by atoms with van der Waals surface area (Å²) in [6.07, 6.45) is 0. The molecule has 0 amide bonds. The van der Waals surface area contributed by atoms with Crippen molar-refractivity contribution in [2.24, 2.45) is 0 Å². The summed E-state index contributed by atoms with van der Waals surface area (Å²) in [4.78, 5) is 5.15. The first-order chi connectivity index (χ1) is 15.9. The molecule has 3 rings (SSSR count). The van der Waals surface area contributed by atoms with Crippen molar-refractivity contribution in [3.63, 3.8) is 0 Å². The number of rotatable bonds is 4. The highest BCUT2D eigenvalue weighted by Crippen LogP contribution is 2.11. The van der Waals surface area contributed by atoms with Crippen molar-refractivity contribution in [2.45, 2.75) is 13.1 Å². The molecule has 0 atom stereocenters. The summed E-state index contributed by atoms with van der Waals surface area (Å²) in [6, 6.07) is 9.23. The molecule has 0 unspecified atom stereocenters. The van der Waals surface area contributed by atoms with E-state index in [1.54, 1.807) is 0 Å². The average molecular weight is 447 g/mol. The molecule has 0 aliphatic carbocycles. The summed E-state index contributed by atoms with van der Waals surface area (Å²) >= 11 is 0. The number of hydrogen-bond acceptors (Lipinski definition) is 8. The van der Waals surface area contributed by atoms with Crippen molar-refractivity contribution in [1.82, 2.24) is 41.7 Å². The zero-order valence-electron chi connectivity index (χ0n) is 19.9. The van der Waals surface area contributed by atoms with E-state index in [9.17, 15) is 0 Å². The van der Waals surface area contributed by atoms with E-state index < -0.39 is 0 Å². The van der Waals surface area contributed by atoms with Crippen LogP contribution in [0.25, 0.3) is 0 Å². The topological polar surface area (TPSA) is 78.7 Å². The van der Waals surface area contributed by atoms with E-state index in [1.165, 1.54) is 11.1 Å². The van der Waals surface area contributed by atoms with Crippen LogP contribution in [0.2, 0.25) is 0 Å². The zero-order valence-corrected chi connectivity index (χ0v) is 19.9. The lowest BCUT2D eigenvalue weighted by molar-refractivity contribution is 0.259. The standard InChI is InChI=1S/C24H46N8/c1-2-23(21-31-16-12-27-8-4-25-5-9-28-13-17-31)20-24(3-1)22-32-18-14-29-10-6-26-7-11-30-15-19-32/h1-3,20,25-30H,4-19,21-22H2. The van der Waals surface area contributed by atoms with Gasteiger partial charge < -0.3 is 31.9 Å². The van der Waals surface area contributed by atoms with Crippen LogP contribution in [0, 0.1) is 0 Å². The van der Waals surface area contributed by atoms with Gasteiger partial charge in [-0.15, -0.1) is 0 Å². The highest BCUT2D eigenvalue weighted by Gasteiger charge is 2.10. The summed E-state index contributed by atoms with van der Waals surface area (Å²) in [5.41, 5.74) is 2.85. The molecule has 2 fully saturated rings. The molecule has 0 saturated carbocycles. The minimum absolute atomic E-state index is 1.02. The maximum absolute atomic E-state index is 3.57. The van der Waals surface area contributed by atoms with Crippen LogP contribution in [0.5, 0.6) is 0 Å². The molecule has 2 heterocycles. The minimum Gasteiger partial charge on any atom is -0.314 e. The van der Waals surface area contributed by atoms with Gasteiger partial charge in [0.2, 0.25) is 0 Å². The van der Waals surface area contributed by atoms with Gasteiger partial charge in [0.25, 0.3) is 0 Å². The lowest BCUT2D eigenvalue weighted by atomic mass is 10.1. The molecule has 2 aliphatic heterocycles. The van der Waals surface area contributed by atoms with Gasteiger partial charge in [-0.05, 0) is 11.1 Å². The number of hydrogen-bond donors (Lipinski definition) is 6. The molecule has 32 heavy (non-hydrogen) atoms. The van der Waals surface area contributed by atoms with E-state index in [-0.39, 0.29) is 0 Å². The molecule has 2 saturated heterocycles. The average Bonchev–Trinajstić information content (AvgIpc) is 2.78. The van der Waals surface area contributed by atoms with Crippen LogP contribution >= 0.6 is 0 Å². The Morgan fingerprint density at radius 1 is 0.469 bits per heavy atom. The fourth-order valence-electron chi connectivity index (χ4n) is 4.29. The molecule has 2 aliphatic rings. The van der Waals surface area contributed by atoms with Gasteiger partial charge in [-0.25, -0.2) is 0 Å². The first-order valence-electron chi connectivity index (χ1n) is 12.7. The molecule has 1 aromatic rings. The Balaban J connectivity index is 1.51. The molecule has 182 valence electrons. The van der Waals surface area contributed by atoms with Gasteiger partial charge in [-0.3, -0.25) is 9.80 Å². The van der Waals surface area contributed by atoms with Crippen molar-refractivity contribution < 1.29 is 0 Å². The normalized spacial score (nSPS) is 22.8. The molecule has 1 aromatic carbocycles. The largest absolute Gasteiger partial charge is 0.314 e. The van der Waals surface area contributed by atoms with Gasteiger partial charge in [0.1, 0.15) is 0 Å². The van der Waals surface area contributed by atoms with Crippen LogP contribution < -0.4 is 31.9 Å². The quantitative estimate of drug-likeness (QED) is 0.347. The van der Waals surface area contributed by atoms with Gasteiger partial charge in [0.15, 0.2) is 0 Å². The Labute approximate surface area is 195 Å². The third-order valence-electron chi connectivity index (χ3n) is 6.14. The van der Waals surface area contributed by atoms with E-state index in [0.29, 0.717) is 0 Å². The van der Waals surface area contributed by atoms with Gasteiger partial charge in [0.05, 0.1) is 0 Å². The van der Waals surface area contributed by atoms with Crippen molar-refractivity contribution >= 4 is 0 Å². The second-order valence-electron chi connectivity index (χ2n) is 8.87. The monoisotopic (exact) mass is 446 g/mol.